The molecule has 0 spiro atoms. The number of hydrogen-bond acceptors (Lipinski definition) is 2. The Kier molecular flexibility index (Phi) is 8.16. The first kappa shape index (κ1) is 16.4. The fourth-order valence-corrected chi connectivity index (χ4v) is 2.29. The van der Waals surface area contributed by atoms with Gasteiger partial charge in [0.15, 0.2) is 0 Å². The molecule has 0 saturated carbocycles. The Morgan fingerprint density at radius 3 is 2.41 bits per heavy atom. The smallest absolute Gasteiger partial charge is 0.238 e. The molecular formula is C13H21IN2O. The zero-order chi connectivity index (χ0) is 13.4. The molecule has 17 heavy (non-hydrogen) atoms. The molecular weight excluding hydrogens is 327 g/mol. The fraction of sp³-hybridized carbons (Fsp3) is 0.462. The van der Waals surface area contributed by atoms with Crippen LogP contribution in [0.5, 0.6) is 0 Å². The summed E-state index contributed by atoms with van der Waals surface area (Å²) in [6.45, 7) is 6.02. The maximum absolute atomic E-state index is 11.9. The maximum Gasteiger partial charge on any atom is 0.238 e. The fourth-order valence-electron chi connectivity index (χ4n) is 1.27. The molecule has 2 N–H and O–H groups in total. The van der Waals surface area contributed by atoms with Gasteiger partial charge in [-0.05, 0) is 32.0 Å². The van der Waals surface area contributed by atoms with Gasteiger partial charge in [-0.2, -0.15) is 0 Å². The number of amides is 1. The number of para-hydroxylation sites is 1. The SMILES string of the molecule is CCC(C)C(=O)N(I)c1ccccc1C.CN. The van der Waals surface area contributed by atoms with Crippen LogP contribution in [0.15, 0.2) is 24.3 Å². The van der Waals surface area contributed by atoms with E-state index in [0.717, 1.165) is 17.7 Å². The van der Waals surface area contributed by atoms with Gasteiger partial charge in [-0.15, -0.1) is 0 Å². The third kappa shape index (κ3) is 4.63. The molecule has 1 rings (SSSR count). The third-order valence-electron chi connectivity index (χ3n) is 2.55. The predicted molar refractivity (Wildman–Crippen MR) is 82.3 cm³/mol. The molecule has 0 fully saturated rings. The molecule has 0 radical (unpaired) electrons. The van der Waals surface area contributed by atoms with Gasteiger partial charge >= 0.3 is 0 Å². The van der Waals surface area contributed by atoms with Crippen molar-refractivity contribution >= 4 is 34.5 Å². The van der Waals surface area contributed by atoms with Gasteiger partial charge in [-0.3, -0.25) is 7.91 Å². The van der Waals surface area contributed by atoms with Crippen LogP contribution >= 0.6 is 22.9 Å². The Hall–Kier alpha value is -0.620. The van der Waals surface area contributed by atoms with E-state index in [1.165, 1.54) is 7.05 Å². The zero-order valence-electron chi connectivity index (χ0n) is 10.9. The number of anilines is 1. The quantitative estimate of drug-likeness (QED) is 0.673. The molecule has 0 bridgehead atoms. The summed E-state index contributed by atoms with van der Waals surface area (Å²) in [6.07, 6.45) is 0.879. The second-order valence-corrected chi connectivity index (χ2v) is 4.68. The van der Waals surface area contributed by atoms with Crippen LogP contribution < -0.4 is 8.85 Å². The van der Waals surface area contributed by atoms with Crippen molar-refractivity contribution in [3.05, 3.63) is 29.8 Å². The van der Waals surface area contributed by atoms with Crippen molar-refractivity contribution in [2.45, 2.75) is 27.2 Å². The highest BCUT2D eigenvalue weighted by Gasteiger charge is 2.19. The van der Waals surface area contributed by atoms with Gasteiger partial charge in [0, 0.05) is 5.92 Å². The first-order valence-electron chi connectivity index (χ1n) is 5.71. The molecule has 0 aliphatic carbocycles. The second kappa shape index (κ2) is 8.47. The molecule has 0 aromatic heterocycles. The summed E-state index contributed by atoms with van der Waals surface area (Å²) < 4.78 is 1.72. The Labute approximate surface area is 118 Å². The molecule has 1 atom stereocenters. The Morgan fingerprint density at radius 2 is 1.94 bits per heavy atom. The number of hydrogen-bond donors (Lipinski definition) is 1. The van der Waals surface area contributed by atoms with Crippen molar-refractivity contribution in [3.8, 4) is 0 Å². The summed E-state index contributed by atoms with van der Waals surface area (Å²) >= 11 is 2.08. The number of halogens is 1. The highest BCUT2D eigenvalue weighted by Crippen LogP contribution is 2.25. The maximum atomic E-state index is 11.9. The summed E-state index contributed by atoms with van der Waals surface area (Å²) in [5, 5.41) is 0. The molecule has 0 heterocycles. The number of benzene rings is 1. The van der Waals surface area contributed by atoms with E-state index in [4.69, 9.17) is 0 Å². The van der Waals surface area contributed by atoms with Crippen LogP contribution in [0.1, 0.15) is 25.8 Å². The minimum Gasteiger partial charge on any atom is -0.333 e. The van der Waals surface area contributed by atoms with E-state index in [1.54, 1.807) is 3.11 Å². The lowest BCUT2D eigenvalue weighted by atomic mass is 10.1. The lowest BCUT2D eigenvalue weighted by Gasteiger charge is -2.20. The van der Waals surface area contributed by atoms with Gasteiger partial charge in [-0.1, -0.05) is 32.0 Å². The molecule has 4 heteroatoms. The van der Waals surface area contributed by atoms with Gasteiger partial charge in [0.05, 0.1) is 28.6 Å². The lowest BCUT2D eigenvalue weighted by Crippen LogP contribution is -2.26. The van der Waals surface area contributed by atoms with Crippen LogP contribution in [0.3, 0.4) is 0 Å². The lowest BCUT2D eigenvalue weighted by molar-refractivity contribution is -0.120. The van der Waals surface area contributed by atoms with Crippen molar-refractivity contribution in [2.75, 3.05) is 10.2 Å². The van der Waals surface area contributed by atoms with E-state index in [2.05, 4.69) is 28.6 Å². The van der Waals surface area contributed by atoms with Crippen molar-refractivity contribution in [2.24, 2.45) is 11.7 Å². The highest BCUT2D eigenvalue weighted by atomic mass is 127. The number of nitrogens with zero attached hydrogens (tertiary/aromatic N) is 1. The highest BCUT2D eigenvalue weighted by molar-refractivity contribution is 14.1. The first-order valence-corrected chi connectivity index (χ1v) is 6.67. The average molecular weight is 348 g/mol. The summed E-state index contributed by atoms with van der Waals surface area (Å²) in [6, 6.07) is 7.93. The van der Waals surface area contributed by atoms with Crippen LogP contribution in [0, 0.1) is 12.8 Å². The standard InChI is InChI=1S/C12H16INO.CH5N/c1-4-9(2)12(15)14(13)11-8-6-5-7-10(11)3;1-2/h5-9H,4H2,1-3H3;2H2,1H3. The second-order valence-electron chi connectivity index (χ2n) is 3.71. The van der Waals surface area contributed by atoms with Gasteiger partial charge in [0.2, 0.25) is 5.91 Å². The van der Waals surface area contributed by atoms with Crippen molar-refractivity contribution in [1.29, 1.82) is 0 Å². The summed E-state index contributed by atoms with van der Waals surface area (Å²) in [7, 11) is 1.50. The van der Waals surface area contributed by atoms with Crippen LogP contribution in [-0.4, -0.2) is 13.0 Å². The van der Waals surface area contributed by atoms with E-state index < -0.39 is 0 Å². The van der Waals surface area contributed by atoms with E-state index >= 15 is 0 Å². The molecule has 0 saturated heterocycles. The van der Waals surface area contributed by atoms with E-state index in [9.17, 15) is 4.79 Å². The van der Waals surface area contributed by atoms with Crippen LogP contribution in [0.25, 0.3) is 0 Å². The van der Waals surface area contributed by atoms with E-state index in [0.29, 0.717) is 0 Å². The van der Waals surface area contributed by atoms with Gasteiger partial charge in [0.25, 0.3) is 0 Å². The molecule has 1 aromatic rings. The molecule has 1 amide bonds. The number of carbonyl (C=O) groups excluding carboxylic acids is 1. The van der Waals surface area contributed by atoms with E-state index in [1.807, 2.05) is 45.0 Å². The molecule has 1 aromatic carbocycles. The summed E-state index contributed by atoms with van der Waals surface area (Å²) in [5.41, 5.74) is 6.62. The van der Waals surface area contributed by atoms with Gasteiger partial charge in [-0.25, -0.2) is 0 Å². The molecule has 3 nitrogen and oxygen atoms in total. The normalized spacial score (nSPS) is 11.2. The van der Waals surface area contributed by atoms with Crippen LogP contribution in [0.2, 0.25) is 0 Å². The Morgan fingerprint density at radius 1 is 1.41 bits per heavy atom. The molecule has 0 aliphatic rings. The van der Waals surface area contributed by atoms with Crippen LogP contribution in [0.4, 0.5) is 5.69 Å². The zero-order valence-corrected chi connectivity index (χ0v) is 13.1. The monoisotopic (exact) mass is 348 g/mol. The van der Waals surface area contributed by atoms with Gasteiger partial charge < -0.3 is 5.73 Å². The number of aryl methyl sites for hydroxylation is 1. The van der Waals surface area contributed by atoms with Gasteiger partial charge in [0.1, 0.15) is 0 Å². The van der Waals surface area contributed by atoms with Crippen molar-refractivity contribution in [1.82, 2.24) is 0 Å². The summed E-state index contributed by atoms with van der Waals surface area (Å²) in [4.78, 5) is 11.9. The predicted octanol–water partition coefficient (Wildman–Crippen LogP) is 3.30. The molecule has 96 valence electrons. The molecule has 0 aliphatic heterocycles. The average Bonchev–Trinajstić information content (AvgIpc) is 2.39. The topological polar surface area (TPSA) is 46.3 Å². The van der Waals surface area contributed by atoms with Crippen LogP contribution in [-0.2, 0) is 4.79 Å². The minimum atomic E-state index is 0.0847. The first-order chi connectivity index (χ1) is 8.07. The minimum absolute atomic E-state index is 0.0847. The Bertz CT molecular complexity index is 355. The molecule has 1 unspecified atom stereocenters. The van der Waals surface area contributed by atoms with Crippen molar-refractivity contribution < 1.29 is 4.79 Å². The number of nitrogens with two attached hydrogens (primary N) is 1. The van der Waals surface area contributed by atoms with E-state index in [-0.39, 0.29) is 11.8 Å². The summed E-state index contributed by atoms with van der Waals surface area (Å²) in [5.74, 6) is 0.258. The van der Waals surface area contributed by atoms with Crippen molar-refractivity contribution in [3.63, 3.8) is 0 Å². The number of carbonyl (C=O) groups is 1. The third-order valence-corrected chi connectivity index (χ3v) is 3.55. The Balaban J connectivity index is 0.00000121. The number of rotatable bonds is 3. The largest absolute Gasteiger partial charge is 0.333 e.